The van der Waals surface area contributed by atoms with Crippen LogP contribution >= 0.6 is 0 Å². The van der Waals surface area contributed by atoms with Crippen LogP contribution in [0.3, 0.4) is 0 Å². The number of pyridine rings is 1. The second kappa shape index (κ2) is 8.19. The Bertz CT molecular complexity index is 1250. The number of phenols is 1. The van der Waals surface area contributed by atoms with E-state index in [9.17, 15) is 9.90 Å². The van der Waals surface area contributed by atoms with E-state index in [0.29, 0.717) is 24.6 Å². The summed E-state index contributed by atoms with van der Waals surface area (Å²) in [6, 6.07) is 18.4. The third-order valence-corrected chi connectivity index (χ3v) is 5.59. The first-order valence-electron chi connectivity index (χ1n) is 10.5. The first kappa shape index (κ1) is 19.8. The highest BCUT2D eigenvalue weighted by Gasteiger charge is 2.42. The smallest absolute Gasteiger partial charge is 0.273 e. The van der Waals surface area contributed by atoms with Gasteiger partial charge in [0.15, 0.2) is 11.5 Å². The highest BCUT2D eigenvalue weighted by atomic mass is 16.5. The van der Waals surface area contributed by atoms with Gasteiger partial charge in [0.1, 0.15) is 5.69 Å². The maximum atomic E-state index is 13.5. The normalized spacial score (nSPS) is 15.1. The van der Waals surface area contributed by atoms with Crippen LogP contribution in [-0.4, -0.2) is 37.7 Å². The number of hydrogen-bond acceptors (Lipinski definition) is 5. The van der Waals surface area contributed by atoms with Crippen molar-refractivity contribution in [1.82, 2.24) is 20.1 Å². The number of carbonyl (C=O) groups is 1. The molecule has 7 nitrogen and oxygen atoms in total. The lowest BCUT2D eigenvalue weighted by Gasteiger charge is -2.27. The van der Waals surface area contributed by atoms with Crippen LogP contribution in [0.15, 0.2) is 73.1 Å². The third-order valence-electron chi connectivity index (χ3n) is 5.59. The van der Waals surface area contributed by atoms with Crippen LogP contribution < -0.4 is 4.74 Å². The van der Waals surface area contributed by atoms with Gasteiger partial charge < -0.3 is 14.7 Å². The van der Waals surface area contributed by atoms with Crippen LogP contribution in [-0.2, 0) is 6.54 Å². The van der Waals surface area contributed by atoms with Crippen molar-refractivity contribution in [2.45, 2.75) is 19.5 Å². The van der Waals surface area contributed by atoms with E-state index >= 15 is 0 Å². The standard InChI is InChI=1S/C25H22N4O3/c1-2-32-20-13-18(10-11-19(20)30)24-21-22(17-8-4-3-5-9-17)27-28-23(21)25(31)29(24)15-16-7-6-12-26-14-16/h3-14,24,30H,2,15H2,1H3,(H,27,28). The molecule has 0 radical (unpaired) electrons. The van der Waals surface area contributed by atoms with Crippen molar-refractivity contribution in [1.29, 1.82) is 0 Å². The van der Waals surface area contributed by atoms with E-state index < -0.39 is 6.04 Å². The Hall–Kier alpha value is -4.13. The zero-order chi connectivity index (χ0) is 22.1. The number of phenolic OH excluding ortho intramolecular Hbond substituents is 1. The van der Waals surface area contributed by atoms with Crippen molar-refractivity contribution in [3.63, 3.8) is 0 Å². The summed E-state index contributed by atoms with van der Waals surface area (Å²) in [6.07, 6.45) is 3.47. The number of H-pyrrole nitrogens is 1. The van der Waals surface area contributed by atoms with Crippen molar-refractivity contribution >= 4 is 5.91 Å². The van der Waals surface area contributed by atoms with Crippen molar-refractivity contribution in [2.24, 2.45) is 0 Å². The number of rotatable bonds is 6. The summed E-state index contributed by atoms with van der Waals surface area (Å²) >= 11 is 0. The Morgan fingerprint density at radius 1 is 1.12 bits per heavy atom. The molecule has 0 spiro atoms. The predicted octanol–water partition coefficient (Wildman–Crippen LogP) is 4.32. The predicted molar refractivity (Wildman–Crippen MR) is 119 cm³/mol. The summed E-state index contributed by atoms with van der Waals surface area (Å²) in [6.45, 7) is 2.67. The van der Waals surface area contributed by atoms with Crippen LogP contribution in [0.4, 0.5) is 0 Å². The van der Waals surface area contributed by atoms with Gasteiger partial charge in [0.2, 0.25) is 0 Å². The molecule has 2 aromatic carbocycles. The molecule has 0 aliphatic carbocycles. The molecule has 1 amide bonds. The highest BCUT2D eigenvalue weighted by molar-refractivity contribution is 6.00. The lowest BCUT2D eigenvalue weighted by Crippen LogP contribution is -2.29. The number of aromatic nitrogens is 3. The zero-order valence-corrected chi connectivity index (χ0v) is 17.5. The average molecular weight is 426 g/mol. The molecule has 0 saturated carbocycles. The molecule has 1 aliphatic rings. The van der Waals surface area contributed by atoms with Gasteiger partial charge in [-0.2, -0.15) is 5.10 Å². The molecule has 1 atom stereocenters. The van der Waals surface area contributed by atoms with E-state index in [1.165, 1.54) is 0 Å². The summed E-state index contributed by atoms with van der Waals surface area (Å²) in [5, 5.41) is 17.7. The number of aromatic amines is 1. The molecule has 32 heavy (non-hydrogen) atoms. The number of amides is 1. The molecule has 1 unspecified atom stereocenters. The van der Waals surface area contributed by atoms with Gasteiger partial charge >= 0.3 is 0 Å². The van der Waals surface area contributed by atoms with E-state index in [0.717, 1.165) is 27.9 Å². The van der Waals surface area contributed by atoms with E-state index in [1.807, 2.05) is 55.5 Å². The number of carbonyl (C=O) groups excluding carboxylic acids is 1. The Labute approximate surface area is 185 Å². The summed E-state index contributed by atoms with van der Waals surface area (Å²) in [5.74, 6) is 0.320. The minimum absolute atomic E-state index is 0.0643. The number of benzene rings is 2. The van der Waals surface area contributed by atoms with Gasteiger partial charge in [-0.25, -0.2) is 0 Å². The molecule has 7 heteroatoms. The Balaban J connectivity index is 1.66. The van der Waals surface area contributed by atoms with Crippen LogP contribution in [0.2, 0.25) is 0 Å². The van der Waals surface area contributed by atoms with Gasteiger partial charge in [-0.3, -0.25) is 14.9 Å². The second-order valence-electron chi connectivity index (χ2n) is 7.58. The molecule has 1 aliphatic heterocycles. The molecular weight excluding hydrogens is 404 g/mol. The first-order chi connectivity index (χ1) is 15.7. The van der Waals surface area contributed by atoms with Gasteiger partial charge in [-0.15, -0.1) is 0 Å². The van der Waals surface area contributed by atoms with Crippen LogP contribution in [0, 0.1) is 0 Å². The molecular formula is C25H22N4O3. The lowest BCUT2D eigenvalue weighted by molar-refractivity contribution is 0.0729. The number of nitrogens with zero attached hydrogens (tertiary/aromatic N) is 3. The van der Waals surface area contributed by atoms with E-state index in [2.05, 4.69) is 15.2 Å². The number of nitrogens with one attached hydrogen (secondary N) is 1. The number of ether oxygens (including phenoxy) is 1. The molecule has 2 aromatic heterocycles. The Morgan fingerprint density at radius 3 is 2.72 bits per heavy atom. The molecule has 3 heterocycles. The van der Waals surface area contributed by atoms with E-state index in [-0.39, 0.29) is 11.7 Å². The molecule has 0 fully saturated rings. The SMILES string of the molecule is CCOc1cc(C2c3c(-c4ccccc4)n[nH]c3C(=O)N2Cc2cccnc2)ccc1O. The summed E-state index contributed by atoms with van der Waals surface area (Å²) in [7, 11) is 0. The number of aromatic hydroxyl groups is 1. The zero-order valence-electron chi connectivity index (χ0n) is 17.5. The van der Waals surface area contributed by atoms with E-state index in [4.69, 9.17) is 4.74 Å². The minimum Gasteiger partial charge on any atom is -0.504 e. The van der Waals surface area contributed by atoms with Crippen LogP contribution in [0.1, 0.15) is 40.1 Å². The van der Waals surface area contributed by atoms with Crippen molar-refractivity contribution < 1.29 is 14.6 Å². The van der Waals surface area contributed by atoms with E-state index in [1.54, 1.807) is 29.4 Å². The van der Waals surface area contributed by atoms with Gasteiger partial charge in [0, 0.05) is 30.1 Å². The summed E-state index contributed by atoms with van der Waals surface area (Å²) in [5.41, 5.74) is 4.71. The monoisotopic (exact) mass is 426 g/mol. The molecule has 0 saturated heterocycles. The quantitative estimate of drug-likeness (QED) is 0.479. The molecule has 0 bridgehead atoms. The Kier molecular flexibility index (Phi) is 5.07. The minimum atomic E-state index is -0.397. The lowest BCUT2D eigenvalue weighted by atomic mass is 9.95. The fourth-order valence-electron chi connectivity index (χ4n) is 4.18. The highest BCUT2D eigenvalue weighted by Crippen LogP contribution is 2.45. The fraction of sp³-hybridized carbons (Fsp3) is 0.160. The topological polar surface area (TPSA) is 91.3 Å². The molecule has 2 N–H and O–H groups in total. The largest absolute Gasteiger partial charge is 0.504 e. The molecule has 4 aromatic rings. The summed E-state index contributed by atoms with van der Waals surface area (Å²) < 4.78 is 5.61. The Morgan fingerprint density at radius 2 is 1.97 bits per heavy atom. The second-order valence-corrected chi connectivity index (χ2v) is 7.58. The maximum absolute atomic E-state index is 13.5. The molecule has 160 valence electrons. The number of fused-ring (bicyclic) bond motifs is 1. The third kappa shape index (κ3) is 3.37. The van der Waals surface area contributed by atoms with Crippen molar-refractivity contribution in [2.75, 3.05) is 6.61 Å². The maximum Gasteiger partial charge on any atom is 0.273 e. The van der Waals surface area contributed by atoms with Crippen molar-refractivity contribution in [3.05, 3.63) is 95.4 Å². The average Bonchev–Trinajstić information content (AvgIpc) is 3.36. The number of hydrogen-bond donors (Lipinski definition) is 2. The van der Waals surface area contributed by atoms with Gasteiger partial charge in [0.05, 0.1) is 18.3 Å². The van der Waals surface area contributed by atoms with Gasteiger partial charge in [0.25, 0.3) is 5.91 Å². The van der Waals surface area contributed by atoms with Gasteiger partial charge in [-0.05, 0) is 36.2 Å². The van der Waals surface area contributed by atoms with Gasteiger partial charge in [-0.1, -0.05) is 42.5 Å². The first-order valence-corrected chi connectivity index (χ1v) is 10.5. The molecule has 5 rings (SSSR count). The fourth-order valence-corrected chi connectivity index (χ4v) is 4.18. The van der Waals surface area contributed by atoms with Crippen molar-refractivity contribution in [3.8, 4) is 22.8 Å². The van der Waals surface area contributed by atoms with Crippen LogP contribution in [0.25, 0.3) is 11.3 Å². The summed E-state index contributed by atoms with van der Waals surface area (Å²) in [4.78, 5) is 19.5. The van der Waals surface area contributed by atoms with Crippen LogP contribution in [0.5, 0.6) is 11.5 Å².